The van der Waals surface area contributed by atoms with Crippen molar-refractivity contribution in [3.8, 4) is 5.75 Å². The number of fused-ring (bicyclic) bond motifs is 2. The molecule has 0 saturated heterocycles. The summed E-state index contributed by atoms with van der Waals surface area (Å²) in [6.45, 7) is -0.00485. The zero-order chi connectivity index (χ0) is 18.5. The third-order valence-corrected chi connectivity index (χ3v) is 4.28. The first-order valence-corrected chi connectivity index (χ1v) is 8.35. The number of thioether (sulfide) groups is 1. The standard InChI is InChI=1S/C8H6N2O3.C8H6N2O2S/c2*11-3-5-1-2-6-8(9-5)10-7(12)4-13-6/h2*1-3H,4H2,(H,9,10,12). The summed E-state index contributed by atoms with van der Waals surface area (Å²) in [6, 6.07) is 6.56. The smallest absolute Gasteiger partial charge is 0.263 e. The second kappa shape index (κ2) is 7.74. The average molecular weight is 372 g/mol. The van der Waals surface area contributed by atoms with Crippen molar-refractivity contribution < 1.29 is 23.9 Å². The lowest BCUT2D eigenvalue weighted by molar-refractivity contribution is -0.118. The third-order valence-electron chi connectivity index (χ3n) is 3.23. The molecular formula is C16H12N4O5S. The van der Waals surface area contributed by atoms with Crippen LogP contribution >= 0.6 is 11.8 Å². The summed E-state index contributed by atoms with van der Waals surface area (Å²) in [4.78, 5) is 51.3. The van der Waals surface area contributed by atoms with Crippen LogP contribution in [-0.4, -0.2) is 46.7 Å². The summed E-state index contributed by atoms with van der Waals surface area (Å²) in [5.41, 5.74) is 0.603. The van der Waals surface area contributed by atoms with E-state index in [1.165, 1.54) is 17.8 Å². The lowest BCUT2D eigenvalue weighted by atomic mass is 10.3. The fourth-order valence-electron chi connectivity index (χ4n) is 2.09. The molecule has 4 heterocycles. The van der Waals surface area contributed by atoms with Crippen LogP contribution in [-0.2, 0) is 9.59 Å². The number of hydrogen-bond acceptors (Lipinski definition) is 8. The fraction of sp³-hybridized carbons (Fsp3) is 0.125. The zero-order valence-corrected chi connectivity index (χ0v) is 14.0. The van der Waals surface area contributed by atoms with Crippen LogP contribution in [0, 0.1) is 0 Å². The number of amides is 2. The molecule has 0 aliphatic carbocycles. The summed E-state index contributed by atoms with van der Waals surface area (Å²) in [6.07, 6.45) is 1.27. The van der Waals surface area contributed by atoms with E-state index >= 15 is 0 Å². The van der Waals surface area contributed by atoms with Gasteiger partial charge in [0.05, 0.1) is 10.6 Å². The maximum atomic E-state index is 11.0. The summed E-state index contributed by atoms with van der Waals surface area (Å²) in [5, 5.41) is 5.11. The molecule has 132 valence electrons. The van der Waals surface area contributed by atoms with Gasteiger partial charge < -0.3 is 15.4 Å². The Kier molecular flexibility index (Phi) is 5.23. The average Bonchev–Trinajstić information content (AvgIpc) is 2.67. The largest absolute Gasteiger partial charge is 0.480 e. The topological polar surface area (TPSA) is 127 Å². The van der Waals surface area contributed by atoms with Crippen molar-refractivity contribution in [3.63, 3.8) is 0 Å². The highest BCUT2D eigenvalue weighted by atomic mass is 32.2. The Morgan fingerprint density at radius 2 is 1.58 bits per heavy atom. The van der Waals surface area contributed by atoms with Gasteiger partial charge in [0.1, 0.15) is 17.2 Å². The number of ether oxygens (including phenoxy) is 1. The van der Waals surface area contributed by atoms with Crippen LogP contribution in [0.25, 0.3) is 0 Å². The Balaban J connectivity index is 0.000000151. The third kappa shape index (κ3) is 4.03. The van der Waals surface area contributed by atoms with Crippen LogP contribution in [0.15, 0.2) is 29.2 Å². The van der Waals surface area contributed by atoms with E-state index in [2.05, 4.69) is 20.6 Å². The van der Waals surface area contributed by atoms with Gasteiger partial charge in [-0.25, -0.2) is 9.97 Å². The van der Waals surface area contributed by atoms with Crippen molar-refractivity contribution in [2.24, 2.45) is 0 Å². The number of hydrogen-bond donors (Lipinski definition) is 2. The minimum absolute atomic E-state index is 0.00485. The van der Waals surface area contributed by atoms with Crippen LogP contribution in [0.4, 0.5) is 11.6 Å². The van der Waals surface area contributed by atoms with Gasteiger partial charge in [0, 0.05) is 0 Å². The molecule has 0 radical (unpaired) electrons. The molecule has 0 saturated carbocycles. The molecule has 0 bridgehead atoms. The Hall–Kier alpha value is -3.27. The molecule has 4 rings (SSSR count). The van der Waals surface area contributed by atoms with Gasteiger partial charge in [-0.05, 0) is 24.3 Å². The highest BCUT2D eigenvalue weighted by Gasteiger charge is 2.17. The highest BCUT2D eigenvalue weighted by molar-refractivity contribution is 8.00. The molecule has 2 aliphatic heterocycles. The molecule has 0 atom stereocenters. The van der Waals surface area contributed by atoms with Gasteiger partial charge in [-0.15, -0.1) is 11.8 Å². The second-order valence-corrected chi connectivity index (χ2v) is 6.09. The molecule has 0 fully saturated rings. The van der Waals surface area contributed by atoms with Crippen molar-refractivity contribution in [2.45, 2.75) is 4.90 Å². The molecule has 2 N–H and O–H groups in total. The van der Waals surface area contributed by atoms with Gasteiger partial charge in [0.15, 0.2) is 30.7 Å². The van der Waals surface area contributed by atoms with Gasteiger partial charge in [-0.1, -0.05) is 0 Å². The SMILES string of the molecule is O=Cc1ccc2c(n1)NC(=O)CO2.O=Cc1ccc2c(n1)NC(=O)CS2. The Morgan fingerprint density at radius 3 is 2.31 bits per heavy atom. The highest BCUT2D eigenvalue weighted by Crippen LogP contribution is 2.29. The number of nitrogens with one attached hydrogen (secondary N) is 2. The number of aldehydes is 2. The summed E-state index contributed by atoms with van der Waals surface area (Å²) in [7, 11) is 0. The van der Waals surface area contributed by atoms with E-state index in [0.29, 0.717) is 41.4 Å². The number of aromatic nitrogens is 2. The molecule has 0 spiro atoms. The maximum Gasteiger partial charge on any atom is 0.263 e. The first-order valence-electron chi connectivity index (χ1n) is 7.37. The van der Waals surface area contributed by atoms with Crippen molar-refractivity contribution in [2.75, 3.05) is 23.0 Å². The van der Waals surface area contributed by atoms with E-state index in [1.807, 2.05) is 0 Å². The lowest BCUT2D eigenvalue weighted by Crippen LogP contribution is -2.26. The van der Waals surface area contributed by atoms with Gasteiger partial charge in [-0.3, -0.25) is 19.2 Å². The minimum Gasteiger partial charge on any atom is -0.480 e. The number of anilines is 2. The number of rotatable bonds is 2. The number of carbonyl (C=O) groups is 4. The Labute approximate surface area is 151 Å². The molecule has 26 heavy (non-hydrogen) atoms. The normalized spacial score (nSPS) is 14.3. The molecule has 2 amide bonds. The van der Waals surface area contributed by atoms with E-state index in [0.717, 1.165) is 4.90 Å². The van der Waals surface area contributed by atoms with E-state index in [1.54, 1.807) is 18.2 Å². The van der Waals surface area contributed by atoms with Crippen molar-refractivity contribution in [1.29, 1.82) is 0 Å². The molecule has 2 aromatic heterocycles. The molecule has 0 aromatic carbocycles. The van der Waals surface area contributed by atoms with Crippen LogP contribution in [0.2, 0.25) is 0 Å². The van der Waals surface area contributed by atoms with Gasteiger partial charge >= 0.3 is 0 Å². The number of pyridine rings is 2. The van der Waals surface area contributed by atoms with Gasteiger partial charge in [-0.2, -0.15) is 0 Å². The quantitative estimate of drug-likeness (QED) is 0.752. The van der Waals surface area contributed by atoms with Crippen molar-refractivity contribution >= 4 is 47.8 Å². The first kappa shape index (κ1) is 17.5. The first-order chi connectivity index (χ1) is 12.6. The van der Waals surface area contributed by atoms with Crippen LogP contribution in [0.1, 0.15) is 21.0 Å². The molecule has 0 unspecified atom stereocenters. The summed E-state index contributed by atoms with van der Waals surface area (Å²) < 4.78 is 5.04. The van der Waals surface area contributed by atoms with E-state index in [9.17, 15) is 19.2 Å². The Morgan fingerprint density at radius 1 is 0.923 bits per heavy atom. The van der Waals surface area contributed by atoms with Gasteiger partial charge in [0.2, 0.25) is 5.91 Å². The van der Waals surface area contributed by atoms with Crippen LogP contribution < -0.4 is 15.4 Å². The van der Waals surface area contributed by atoms with Crippen LogP contribution in [0.3, 0.4) is 0 Å². The van der Waals surface area contributed by atoms with Crippen molar-refractivity contribution in [1.82, 2.24) is 9.97 Å². The van der Waals surface area contributed by atoms with Gasteiger partial charge in [0.25, 0.3) is 5.91 Å². The summed E-state index contributed by atoms with van der Waals surface area (Å²) in [5.74, 6) is 1.36. The molecule has 10 heteroatoms. The maximum absolute atomic E-state index is 11.0. The van der Waals surface area contributed by atoms with Crippen molar-refractivity contribution in [3.05, 3.63) is 35.7 Å². The lowest BCUT2D eigenvalue weighted by Gasteiger charge is -2.16. The minimum atomic E-state index is -0.261. The molecule has 2 aromatic rings. The zero-order valence-electron chi connectivity index (χ0n) is 13.2. The fourth-order valence-corrected chi connectivity index (χ4v) is 2.85. The van der Waals surface area contributed by atoms with E-state index < -0.39 is 0 Å². The monoisotopic (exact) mass is 372 g/mol. The number of nitrogens with zero attached hydrogens (tertiary/aromatic N) is 2. The van der Waals surface area contributed by atoms with E-state index in [4.69, 9.17) is 4.74 Å². The molecular weight excluding hydrogens is 360 g/mol. The Bertz CT molecular complexity index is 829. The number of carbonyl (C=O) groups excluding carboxylic acids is 4. The molecule has 2 aliphatic rings. The van der Waals surface area contributed by atoms with Crippen LogP contribution in [0.5, 0.6) is 5.75 Å². The molecule has 9 nitrogen and oxygen atoms in total. The van der Waals surface area contributed by atoms with E-state index in [-0.39, 0.29) is 24.1 Å². The second-order valence-electron chi connectivity index (χ2n) is 5.08. The predicted molar refractivity (Wildman–Crippen MR) is 92.7 cm³/mol. The summed E-state index contributed by atoms with van der Waals surface area (Å²) >= 11 is 1.43. The predicted octanol–water partition coefficient (Wildman–Crippen LogP) is 1.16.